The Morgan fingerprint density at radius 1 is 0.933 bits per heavy atom. The molecular formula is C24H29N3O3. The Morgan fingerprint density at radius 2 is 1.67 bits per heavy atom. The van der Waals surface area contributed by atoms with Crippen LogP contribution in [0, 0.1) is 13.8 Å². The summed E-state index contributed by atoms with van der Waals surface area (Å²) in [7, 11) is 4.89. The molecule has 0 saturated heterocycles. The zero-order valence-corrected chi connectivity index (χ0v) is 18.3. The summed E-state index contributed by atoms with van der Waals surface area (Å²) in [5, 5.41) is 8.69. The maximum absolute atomic E-state index is 5.58. The standard InChI is InChI=1S/C24H29N3O3/c1-15-9-10-19(16(2)12-15)27-24-18(8-6-7-11-25-24)22(26-27)17-13-20(28-3)23(30-5)21(14-17)29-4/h9-10,12-14,25H,6-8,11H2,1-5H3. The highest BCUT2D eigenvalue weighted by atomic mass is 16.5. The highest BCUT2D eigenvalue weighted by molar-refractivity contribution is 5.75. The number of methoxy groups -OCH3 is 3. The predicted molar refractivity (Wildman–Crippen MR) is 120 cm³/mol. The van der Waals surface area contributed by atoms with E-state index in [1.165, 1.54) is 16.7 Å². The van der Waals surface area contributed by atoms with Crippen LogP contribution in [-0.2, 0) is 6.42 Å². The van der Waals surface area contributed by atoms with Gasteiger partial charge < -0.3 is 19.5 Å². The normalized spacial score (nSPS) is 13.2. The SMILES string of the molecule is COc1cc(-c2nn(-c3ccc(C)cc3C)c3c2CCCCN3)cc(OC)c1OC. The van der Waals surface area contributed by atoms with Crippen molar-refractivity contribution < 1.29 is 14.2 Å². The van der Waals surface area contributed by atoms with Crippen molar-refractivity contribution in [3.8, 4) is 34.2 Å². The summed E-state index contributed by atoms with van der Waals surface area (Å²) in [6.07, 6.45) is 3.23. The maximum atomic E-state index is 5.58. The topological polar surface area (TPSA) is 57.5 Å². The molecule has 158 valence electrons. The minimum Gasteiger partial charge on any atom is -0.493 e. The summed E-state index contributed by atoms with van der Waals surface area (Å²) in [4.78, 5) is 0. The van der Waals surface area contributed by atoms with Crippen LogP contribution >= 0.6 is 0 Å². The van der Waals surface area contributed by atoms with Gasteiger partial charge in [0.15, 0.2) is 11.5 Å². The van der Waals surface area contributed by atoms with Crippen LogP contribution in [0.1, 0.15) is 29.5 Å². The second-order valence-electron chi connectivity index (χ2n) is 7.68. The van der Waals surface area contributed by atoms with E-state index in [2.05, 4.69) is 37.4 Å². The van der Waals surface area contributed by atoms with Gasteiger partial charge in [0.25, 0.3) is 0 Å². The molecule has 0 saturated carbocycles. The summed E-state index contributed by atoms with van der Waals surface area (Å²) in [6.45, 7) is 5.18. The second kappa shape index (κ2) is 8.30. The van der Waals surface area contributed by atoms with Gasteiger partial charge in [-0.05, 0) is 56.9 Å². The lowest BCUT2D eigenvalue weighted by molar-refractivity contribution is 0.324. The molecular weight excluding hydrogens is 378 g/mol. The van der Waals surface area contributed by atoms with Crippen molar-refractivity contribution in [2.24, 2.45) is 0 Å². The van der Waals surface area contributed by atoms with Crippen LogP contribution in [-0.4, -0.2) is 37.7 Å². The first kappa shape index (κ1) is 20.1. The summed E-state index contributed by atoms with van der Waals surface area (Å²) in [5.74, 6) is 2.91. The van der Waals surface area contributed by atoms with Gasteiger partial charge in [-0.1, -0.05) is 17.7 Å². The van der Waals surface area contributed by atoms with Gasteiger partial charge >= 0.3 is 0 Å². The lowest BCUT2D eigenvalue weighted by Crippen LogP contribution is -2.08. The Kier molecular flexibility index (Phi) is 5.57. The van der Waals surface area contributed by atoms with Gasteiger partial charge in [-0.3, -0.25) is 0 Å². The van der Waals surface area contributed by atoms with Gasteiger partial charge in [-0.25, -0.2) is 4.68 Å². The van der Waals surface area contributed by atoms with E-state index in [9.17, 15) is 0 Å². The third kappa shape index (κ3) is 3.47. The van der Waals surface area contributed by atoms with E-state index in [0.717, 1.165) is 48.6 Å². The second-order valence-corrected chi connectivity index (χ2v) is 7.68. The molecule has 0 radical (unpaired) electrons. The molecule has 30 heavy (non-hydrogen) atoms. The van der Waals surface area contributed by atoms with Gasteiger partial charge in [-0.2, -0.15) is 5.10 Å². The fourth-order valence-electron chi connectivity index (χ4n) is 4.17. The number of benzene rings is 2. The number of hydrogen-bond acceptors (Lipinski definition) is 5. The average molecular weight is 408 g/mol. The third-order valence-electron chi connectivity index (χ3n) is 5.65. The number of hydrogen-bond donors (Lipinski definition) is 1. The minimum absolute atomic E-state index is 0.585. The number of ether oxygens (including phenoxy) is 3. The van der Waals surface area contributed by atoms with Crippen LogP contribution in [0.25, 0.3) is 16.9 Å². The molecule has 0 amide bonds. The van der Waals surface area contributed by atoms with E-state index in [1.807, 2.05) is 16.8 Å². The predicted octanol–water partition coefficient (Wildman–Crippen LogP) is 4.93. The monoisotopic (exact) mass is 407 g/mol. The molecule has 0 atom stereocenters. The van der Waals surface area contributed by atoms with E-state index < -0.39 is 0 Å². The van der Waals surface area contributed by atoms with Gasteiger partial charge in [0.2, 0.25) is 5.75 Å². The minimum atomic E-state index is 0.585. The Hall–Kier alpha value is -3.15. The fourth-order valence-corrected chi connectivity index (χ4v) is 4.17. The third-order valence-corrected chi connectivity index (χ3v) is 5.65. The summed E-state index contributed by atoms with van der Waals surface area (Å²) >= 11 is 0. The molecule has 6 heteroatoms. The van der Waals surface area contributed by atoms with Crippen LogP contribution in [0.15, 0.2) is 30.3 Å². The molecule has 0 fully saturated rings. The number of fused-ring (bicyclic) bond motifs is 1. The lowest BCUT2D eigenvalue weighted by atomic mass is 10.0. The van der Waals surface area contributed by atoms with Gasteiger partial charge in [0.1, 0.15) is 5.82 Å². The number of aryl methyl sites for hydroxylation is 2. The van der Waals surface area contributed by atoms with E-state index in [0.29, 0.717) is 17.2 Å². The molecule has 0 aliphatic carbocycles. The van der Waals surface area contributed by atoms with Crippen molar-refractivity contribution >= 4 is 5.82 Å². The summed E-state index contributed by atoms with van der Waals surface area (Å²) in [6, 6.07) is 10.4. The molecule has 1 N–H and O–H groups in total. The molecule has 2 heterocycles. The number of nitrogens with zero attached hydrogens (tertiary/aromatic N) is 2. The van der Waals surface area contributed by atoms with Crippen molar-refractivity contribution in [3.63, 3.8) is 0 Å². The Balaban J connectivity index is 1.94. The Morgan fingerprint density at radius 3 is 2.30 bits per heavy atom. The van der Waals surface area contributed by atoms with Gasteiger partial charge in [-0.15, -0.1) is 0 Å². The van der Waals surface area contributed by atoms with E-state index in [-0.39, 0.29) is 0 Å². The highest BCUT2D eigenvalue weighted by Crippen LogP contribution is 2.43. The van der Waals surface area contributed by atoms with Crippen LogP contribution in [0.5, 0.6) is 17.2 Å². The molecule has 1 aliphatic rings. The molecule has 0 bridgehead atoms. The summed E-state index contributed by atoms with van der Waals surface area (Å²) < 4.78 is 18.7. The van der Waals surface area contributed by atoms with E-state index in [4.69, 9.17) is 19.3 Å². The summed E-state index contributed by atoms with van der Waals surface area (Å²) in [5.41, 5.74) is 6.65. The van der Waals surface area contributed by atoms with Crippen LogP contribution < -0.4 is 19.5 Å². The fraction of sp³-hybridized carbons (Fsp3) is 0.375. The average Bonchev–Trinajstić information content (AvgIpc) is 2.93. The first-order chi connectivity index (χ1) is 14.6. The van der Waals surface area contributed by atoms with Crippen molar-refractivity contribution in [3.05, 3.63) is 47.0 Å². The number of aromatic nitrogens is 2. The molecule has 6 nitrogen and oxygen atoms in total. The molecule has 4 rings (SSSR count). The lowest BCUT2D eigenvalue weighted by Gasteiger charge is -2.14. The molecule has 1 aliphatic heterocycles. The largest absolute Gasteiger partial charge is 0.493 e. The van der Waals surface area contributed by atoms with Gasteiger partial charge in [0.05, 0.1) is 32.7 Å². The van der Waals surface area contributed by atoms with Crippen molar-refractivity contribution in [2.75, 3.05) is 33.2 Å². The van der Waals surface area contributed by atoms with Crippen LogP contribution in [0.2, 0.25) is 0 Å². The molecule has 1 aromatic heterocycles. The van der Waals surface area contributed by atoms with Crippen molar-refractivity contribution in [2.45, 2.75) is 33.1 Å². The molecule has 3 aromatic rings. The Labute approximate surface area is 177 Å². The number of rotatable bonds is 5. The quantitative estimate of drug-likeness (QED) is 0.650. The number of anilines is 1. The van der Waals surface area contributed by atoms with E-state index in [1.54, 1.807) is 21.3 Å². The van der Waals surface area contributed by atoms with Crippen LogP contribution in [0.4, 0.5) is 5.82 Å². The van der Waals surface area contributed by atoms with E-state index >= 15 is 0 Å². The Bertz CT molecular complexity index is 1050. The van der Waals surface area contributed by atoms with Gasteiger partial charge in [0, 0.05) is 17.7 Å². The zero-order chi connectivity index (χ0) is 21.3. The smallest absolute Gasteiger partial charge is 0.203 e. The molecule has 0 spiro atoms. The van der Waals surface area contributed by atoms with Crippen molar-refractivity contribution in [1.82, 2.24) is 9.78 Å². The van der Waals surface area contributed by atoms with Crippen molar-refractivity contribution in [1.29, 1.82) is 0 Å². The number of nitrogens with one attached hydrogen (secondary N) is 1. The maximum Gasteiger partial charge on any atom is 0.203 e. The highest BCUT2D eigenvalue weighted by Gasteiger charge is 2.24. The first-order valence-corrected chi connectivity index (χ1v) is 10.3. The molecule has 2 aromatic carbocycles. The first-order valence-electron chi connectivity index (χ1n) is 10.3. The zero-order valence-electron chi connectivity index (χ0n) is 18.3. The molecule has 0 unspecified atom stereocenters. The van der Waals surface area contributed by atoms with Crippen LogP contribution in [0.3, 0.4) is 0 Å².